The van der Waals surface area contributed by atoms with Crippen LogP contribution in [0.5, 0.6) is 0 Å². The predicted molar refractivity (Wildman–Crippen MR) is 74.2 cm³/mol. The second-order valence-electron chi connectivity index (χ2n) is 4.04. The summed E-state index contributed by atoms with van der Waals surface area (Å²) < 4.78 is 52.3. The molecule has 0 spiro atoms. The minimum atomic E-state index is -3.79. The zero-order valence-corrected chi connectivity index (χ0v) is 12.1. The SMILES string of the molecule is CNCc1csc(S(=O)(=O)Nc2ccc(F)c(F)c2)c1. The molecule has 1 heterocycles. The third-order valence-electron chi connectivity index (χ3n) is 2.45. The lowest BCUT2D eigenvalue weighted by Crippen LogP contribution is -2.12. The van der Waals surface area contributed by atoms with Crippen molar-refractivity contribution in [1.82, 2.24) is 5.32 Å². The van der Waals surface area contributed by atoms with Gasteiger partial charge in [-0.25, -0.2) is 17.2 Å². The van der Waals surface area contributed by atoms with E-state index in [-0.39, 0.29) is 9.90 Å². The molecule has 2 rings (SSSR count). The van der Waals surface area contributed by atoms with Crippen molar-refractivity contribution in [3.8, 4) is 0 Å². The van der Waals surface area contributed by atoms with E-state index in [9.17, 15) is 17.2 Å². The lowest BCUT2D eigenvalue weighted by Gasteiger charge is -2.06. The lowest BCUT2D eigenvalue weighted by molar-refractivity contribution is 0.509. The number of benzene rings is 1. The maximum atomic E-state index is 13.0. The summed E-state index contributed by atoms with van der Waals surface area (Å²) in [5.41, 5.74) is 0.815. The van der Waals surface area contributed by atoms with Crippen LogP contribution in [0.15, 0.2) is 33.9 Å². The van der Waals surface area contributed by atoms with Crippen molar-refractivity contribution in [3.05, 3.63) is 46.8 Å². The third-order valence-corrected chi connectivity index (χ3v) is 5.32. The Balaban J connectivity index is 2.23. The van der Waals surface area contributed by atoms with Crippen LogP contribution in [0, 0.1) is 11.6 Å². The summed E-state index contributed by atoms with van der Waals surface area (Å²) in [6.07, 6.45) is 0. The number of anilines is 1. The lowest BCUT2D eigenvalue weighted by atomic mass is 10.3. The summed E-state index contributed by atoms with van der Waals surface area (Å²) >= 11 is 1.06. The monoisotopic (exact) mass is 318 g/mol. The van der Waals surface area contributed by atoms with Gasteiger partial charge in [-0.05, 0) is 36.2 Å². The van der Waals surface area contributed by atoms with Crippen LogP contribution >= 0.6 is 11.3 Å². The molecule has 0 saturated heterocycles. The maximum absolute atomic E-state index is 13.0. The van der Waals surface area contributed by atoms with Gasteiger partial charge in [0.2, 0.25) is 0 Å². The van der Waals surface area contributed by atoms with Crippen molar-refractivity contribution in [2.75, 3.05) is 11.8 Å². The molecule has 1 aromatic carbocycles. The van der Waals surface area contributed by atoms with E-state index in [0.717, 1.165) is 35.1 Å². The standard InChI is InChI=1S/C12H12F2N2O2S2/c1-15-6-8-4-12(19-7-8)20(17,18)16-9-2-3-10(13)11(14)5-9/h2-5,7,15-16H,6H2,1H3. The molecule has 0 aliphatic rings. The highest BCUT2D eigenvalue weighted by atomic mass is 32.2. The van der Waals surface area contributed by atoms with Crippen molar-refractivity contribution in [2.45, 2.75) is 10.8 Å². The molecule has 8 heteroatoms. The number of hydrogen-bond donors (Lipinski definition) is 2. The molecule has 20 heavy (non-hydrogen) atoms. The van der Waals surface area contributed by atoms with E-state index in [1.165, 1.54) is 6.07 Å². The molecule has 0 bridgehead atoms. The van der Waals surface area contributed by atoms with E-state index in [1.807, 2.05) is 0 Å². The number of hydrogen-bond acceptors (Lipinski definition) is 4. The molecular weight excluding hydrogens is 306 g/mol. The molecule has 2 N–H and O–H groups in total. The highest BCUT2D eigenvalue weighted by Crippen LogP contribution is 2.23. The van der Waals surface area contributed by atoms with Gasteiger partial charge in [0.15, 0.2) is 11.6 Å². The van der Waals surface area contributed by atoms with Gasteiger partial charge in [-0.15, -0.1) is 11.3 Å². The Hall–Kier alpha value is -1.51. The number of rotatable bonds is 5. The van der Waals surface area contributed by atoms with Gasteiger partial charge in [-0.2, -0.15) is 0 Å². The normalized spacial score (nSPS) is 11.6. The highest BCUT2D eigenvalue weighted by Gasteiger charge is 2.17. The van der Waals surface area contributed by atoms with E-state index in [0.29, 0.717) is 6.54 Å². The fourth-order valence-electron chi connectivity index (χ4n) is 1.56. The van der Waals surface area contributed by atoms with Crippen molar-refractivity contribution in [3.63, 3.8) is 0 Å². The van der Waals surface area contributed by atoms with Crippen LogP contribution in [0.4, 0.5) is 14.5 Å². The molecule has 0 amide bonds. The van der Waals surface area contributed by atoms with Gasteiger partial charge < -0.3 is 5.32 Å². The fourth-order valence-corrected chi connectivity index (χ4v) is 3.81. The molecule has 4 nitrogen and oxygen atoms in total. The largest absolute Gasteiger partial charge is 0.316 e. The molecule has 108 valence electrons. The smallest absolute Gasteiger partial charge is 0.271 e. The van der Waals surface area contributed by atoms with Gasteiger partial charge in [0, 0.05) is 12.6 Å². The molecular formula is C12H12F2N2O2S2. The van der Waals surface area contributed by atoms with E-state index in [1.54, 1.807) is 12.4 Å². The Labute approximate surface area is 119 Å². The Morgan fingerprint density at radius 3 is 2.60 bits per heavy atom. The summed E-state index contributed by atoms with van der Waals surface area (Å²) in [5, 5.41) is 4.63. The maximum Gasteiger partial charge on any atom is 0.271 e. The van der Waals surface area contributed by atoms with Gasteiger partial charge in [0.25, 0.3) is 10.0 Å². The number of sulfonamides is 1. The predicted octanol–water partition coefficient (Wildman–Crippen LogP) is 2.55. The molecule has 0 unspecified atom stereocenters. The first-order valence-corrected chi connectivity index (χ1v) is 7.98. The summed E-state index contributed by atoms with van der Waals surface area (Å²) in [5.74, 6) is -2.13. The summed E-state index contributed by atoms with van der Waals surface area (Å²) in [4.78, 5) is 0. The van der Waals surface area contributed by atoms with Crippen molar-refractivity contribution in [2.24, 2.45) is 0 Å². The second-order valence-corrected chi connectivity index (χ2v) is 6.86. The van der Waals surface area contributed by atoms with Gasteiger partial charge >= 0.3 is 0 Å². The average molecular weight is 318 g/mol. The number of thiophene rings is 1. The zero-order valence-electron chi connectivity index (χ0n) is 10.5. The van der Waals surface area contributed by atoms with Crippen molar-refractivity contribution < 1.29 is 17.2 Å². The van der Waals surface area contributed by atoms with Crippen LogP contribution in [0.2, 0.25) is 0 Å². The molecule has 0 aliphatic carbocycles. The summed E-state index contributed by atoms with van der Waals surface area (Å²) in [6.45, 7) is 0.553. The molecule has 2 aromatic rings. The van der Waals surface area contributed by atoms with E-state index in [4.69, 9.17) is 0 Å². The number of nitrogens with one attached hydrogen (secondary N) is 2. The Kier molecular flexibility index (Phi) is 4.36. The molecule has 1 aromatic heterocycles. The Morgan fingerprint density at radius 1 is 1.20 bits per heavy atom. The topological polar surface area (TPSA) is 58.2 Å². The minimum Gasteiger partial charge on any atom is -0.316 e. The highest BCUT2D eigenvalue weighted by molar-refractivity contribution is 7.94. The molecule has 0 saturated carbocycles. The third kappa shape index (κ3) is 3.33. The minimum absolute atomic E-state index is 0.0209. The fraction of sp³-hybridized carbons (Fsp3) is 0.167. The van der Waals surface area contributed by atoms with Gasteiger partial charge in [0.05, 0.1) is 5.69 Å². The van der Waals surface area contributed by atoms with Crippen LogP contribution < -0.4 is 10.0 Å². The molecule has 0 radical (unpaired) electrons. The first kappa shape index (κ1) is 14.9. The number of halogens is 2. The van der Waals surface area contributed by atoms with E-state index >= 15 is 0 Å². The average Bonchev–Trinajstić information content (AvgIpc) is 2.83. The first-order valence-electron chi connectivity index (χ1n) is 5.62. The molecule has 0 aliphatic heterocycles. The Morgan fingerprint density at radius 2 is 1.95 bits per heavy atom. The molecule has 0 atom stereocenters. The second kappa shape index (κ2) is 5.86. The van der Waals surface area contributed by atoms with Crippen molar-refractivity contribution >= 4 is 27.0 Å². The first-order chi connectivity index (χ1) is 9.42. The Bertz CT molecular complexity index is 714. The van der Waals surface area contributed by atoms with Crippen LogP contribution in [0.1, 0.15) is 5.56 Å². The van der Waals surface area contributed by atoms with Crippen molar-refractivity contribution in [1.29, 1.82) is 0 Å². The summed E-state index contributed by atoms with van der Waals surface area (Å²) in [7, 11) is -2.03. The zero-order chi connectivity index (χ0) is 14.8. The van der Waals surface area contributed by atoms with Gasteiger partial charge in [0.1, 0.15) is 4.21 Å². The van der Waals surface area contributed by atoms with Crippen LogP contribution in [0.3, 0.4) is 0 Å². The van der Waals surface area contributed by atoms with Gasteiger partial charge in [-0.1, -0.05) is 0 Å². The van der Waals surface area contributed by atoms with E-state index in [2.05, 4.69) is 10.0 Å². The van der Waals surface area contributed by atoms with Crippen LogP contribution in [-0.4, -0.2) is 15.5 Å². The van der Waals surface area contributed by atoms with Gasteiger partial charge in [-0.3, -0.25) is 4.72 Å². The van der Waals surface area contributed by atoms with Crippen LogP contribution in [0.25, 0.3) is 0 Å². The summed E-state index contributed by atoms with van der Waals surface area (Å²) in [6, 6.07) is 4.37. The van der Waals surface area contributed by atoms with Crippen LogP contribution in [-0.2, 0) is 16.6 Å². The molecule has 0 fully saturated rings. The van der Waals surface area contributed by atoms with E-state index < -0.39 is 21.7 Å². The quantitative estimate of drug-likeness (QED) is 0.891.